The summed E-state index contributed by atoms with van der Waals surface area (Å²) >= 11 is 1.73. The lowest BCUT2D eigenvalue weighted by atomic mass is 10.2. The molecule has 2 aromatic rings. The van der Waals surface area contributed by atoms with Crippen LogP contribution in [-0.4, -0.2) is 35.5 Å². The fraction of sp³-hybridized carbons (Fsp3) is 0.412. The zero-order chi connectivity index (χ0) is 15.9. The minimum atomic E-state index is 0.0544. The molecule has 0 aromatic carbocycles. The first-order chi connectivity index (χ1) is 11.3. The number of anilines is 1. The number of carbonyl (C=O) groups is 1. The lowest BCUT2D eigenvalue weighted by Crippen LogP contribution is -2.40. The minimum absolute atomic E-state index is 0.0544. The second-order valence-corrected chi connectivity index (χ2v) is 6.57. The average Bonchev–Trinajstić information content (AvgIpc) is 3.26. The van der Waals surface area contributed by atoms with Gasteiger partial charge >= 0.3 is 6.03 Å². The smallest absolute Gasteiger partial charge is 0.317 e. The molecule has 122 valence electrons. The van der Waals surface area contributed by atoms with E-state index in [9.17, 15) is 4.79 Å². The summed E-state index contributed by atoms with van der Waals surface area (Å²) < 4.78 is 0. The molecule has 3 rings (SSSR count). The number of hydrogen-bond donors (Lipinski definition) is 2. The maximum absolute atomic E-state index is 12.4. The van der Waals surface area contributed by atoms with E-state index in [1.165, 1.54) is 4.88 Å². The summed E-state index contributed by atoms with van der Waals surface area (Å²) in [6.45, 7) is 2.32. The van der Waals surface area contributed by atoms with E-state index < -0.39 is 0 Å². The van der Waals surface area contributed by atoms with Crippen LogP contribution in [0.1, 0.15) is 30.2 Å². The number of aromatic nitrogens is 1. The van der Waals surface area contributed by atoms with Crippen molar-refractivity contribution in [3.63, 3.8) is 0 Å². The number of amides is 2. The summed E-state index contributed by atoms with van der Waals surface area (Å²) in [5, 5.41) is 8.36. The quantitative estimate of drug-likeness (QED) is 0.797. The standard InChI is InChI=1S/C17H22N4OS/c22-17(20-11-5-10-19-16-8-1-2-9-18-16)21-12-3-6-14(21)15-7-4-13-23-15/h1-2,4,7-9,13-14H,3,5-6,10-12H2,(H,18,19)(H,20,22)/t14-/m1/s1. The molecule has 0 aliphatic carbocycles. The Morgan fingerprint density at radius 1 is 1.30 bits per heavy atom. The molecule has 2 aromatic heterocycles. The van der Waals surface area contributed by atoms with E-state index in [2.05, 4.69) is 33.1 Å². The molecule has 0 unspecified atom stereocenters. The maximum Gasteiger partial charge on any atom is 0.317 e. The van der Waals surface area contributed by atoms with Gasteiger partial charge in [-0.2, -0.15) is 0 Å². The lowest BCUT2D eigenvalue weighted by molar-refractivity contribution is 0.194. The molecule has 5 nitrogen and oxygen atoms in total. The van der Waals surface area contributed by atoms with Gasteiger partial charge in [0.1, 0.15) is 5.82 Å². The van der Waals surface area contributed by atoms with Crippen LogP contribution < -0.4 is 10.6 Å². The van der Waals surface area contributed by atoms with Crippen LogP contribution in [-0.2, 0) is 0 Å². The van der Waals surface area contributed by atoms with Crippen molar-refractivity contribution in [3.05, 3.63) is 46.8 Å². The Kier molecular flexibility index (Phi) is 5.47. The number of rotatable bonds is 6. The van der Waals surface area contributed by atoms with E-state index in [-0.39, 0.29) is 12.1 Å². The third kappa shape index (κ3) is 4.22. The van der Waals surface area contributed by atoms with Crippen LogP contribution in [0.3, 0.4) is 0 Å². The number of carbonyl (C=O) groups excluding carboxylic acids is 1. The Bertz CT molecular complexity index is 602. The summed E-state index contributed by atoms with van der Waals surface area (Å²) in [7, 11) is 0. The van der Waals surface area contributed by atoms with E-state index in [0.29, 0.717) is 6.54 Å². The largest absolute Gasteiger partial charge is 0.370 e. The van der Waals surface area contributed by atoms with Crippen molar-refractivity contribution in [2.24, 2.45) is 0 Å². The Hall–Kier alpha value is -2.08. The summed E-state index contributed by atoms with van der Waals surface area (Å²) in [5.41, 5.74) is 0. The van der Waals surface area contributed by atoms with Crippen LogP contribution >= 0.6 is 11.3 Å². The van der Waals surface area contributed by atoms with Crippen molar-refractivity contribution in [1.82, 2.24) is 15.2 Å². The van der Waals surface area contributed by atoms with Crippen LogP contribution in [0.4, 0.5) is 10.6 Å². The van der Waals surface area contributed by atoms with E-state index in [0.717, 1.165) is 38.2 Å². The summed E-state index contributed by atoms with van der Waals surface area (Å²) in [6.07, 6.45) is 4.79. The van der Waals surface area contributed by atoms with Gasteiger partial charge in [-0.1, -0.05) is 12.1 Å². The van der Waals surface area contributed by atoms with Gasteiger partial charge in [-0.3, -0.25) is 0 Å². The molecule has 2 amide bonds. The maximum atomic E-state index is 12.4. The SMILES string of the molecule is O=C(NCCCNc1ccccn1)N1CCC[C@@H]1c1cccs1. The average molecular weight is 330 g/mol. The lowest BCUT2D eigenvalue weighted by Gasteiger charge is -2.24. The van der Waals surface area contributed by atoms with Gasteiger partial charge in [0.05, 0.1) is 6.04 Å². The number of urea groups is 1. The van der Waals surface area contributed by atoms with Crippen LogP contribution in [0.5, 0.6) is 0 Å². The third-order valence-corrected chi connectivity index (χ3v) is 4.96. The number of thiophene rings is 1. The normalized spacial score (nSPS) is 17.2. The second kappa shape index (κ2) is 7.97. The zero-order valence-electron chi connectivity index (χ0n) is 13.1. The van der Waals surface area contributed by atoms with Crippen molar-refractivity contribution < 1.29 is 4.79 Å². The van der Waals surface area contributed by atoms with Crippen LogP contribution in [0.15, 0.2) is 41.9 Å². The summed E-state index contributed by atoms with van der Waals surface area (Å²) in [5.74, 6) is 0.871. The monoisotopic (exact) mass is 330 g/mol. The third-order valence-electron chi connectivity index (χ3n) is 3.99. The van der Waals surface area contributed by atoms with Crippen LogP contribution in [0.2, 0.25) is 0 Å². The number of nitrogens with one attached hydrogen (secondary N) is 2. The topological polar surface area (TPSA) is 57.3 Å². The predicted molar refractivity (Wildman–Crippen MR) is 93.7 cm³/mol. The number of nitrogens with zero attached hydrogens (tertiary/aromatic N) is 2. The molecular weight excluding hydrogens is 308 g/mol. The molecule has 1 saturated heterocycles. The molecule has 3 heterocycles. The Balaban J connectivity index is 1.39. The van der Waals surface area contributed by atoms with Crippen LogP contribution in [0, 0.1) is 0 Å². The Morgan fingerprint density at radius 2 is 2.26 bits per heavy atom. The fourth-order valence-corrected chi connectivity index (χ4v) is 3.73. The highest BCUT2D eigenvalue weighted by molar-refractivity contribution is 7.10. The summed E-state index contributed by atoms with van der Waals surface area (Å²) in [4.78, 5) is 19.8. The van der Waals surface area contributed by atoms with Crippen LogP contribution in [0.25, 0.3) is 0 Å². The van der Waals surface area contributed by atoms with Gasteiger partial charge in [-0.25, -0.2) is 9.78 Å². The van der Waals surface area contributed by atoms with E-state index in [1.54, 1.807) is 17.5 Å². The van der Waals surface area contributed by atoms with Gasteiger partial charge in [0.15, 0.2) is 0 Å². The van der Waals surface area contributed by atoms with Crippen molar-refractivity contribution in [1.29, 1.82) is 0 Å². The van der Waals surface area contributed by atoms with Gasteiger partial charge in [-0.05, 0) is 42.8 Å². The molecule has 2 N–H and O–H groups in total. The van der Waals surface area contributed by atoms with Gasteiger partial charge in [0, 0.05) is 30.7 Å². The molecule has 0 bridgehead atoms. The Morgan fingerprint density at radius 3 is 3.04 bits per heavy atom. The first-order valence-electron chi connectivity index (χ1n) is 8.07. The van der Waals surface area contributed by atoms with Crippen molar-refractivity contribution in [3.8, 4) is 0 Å². The number of hydrogen-bond acceptors (Lipinski definition) is 4. The molecule has 1 aliphatic heterocycles. The molecule has 1 aliphatic rings. The fourth-order valence-electron chi connectivity index (χ4n) is 2.86. The first kappa shape index (κ1) is 15.8. The van der Waals surface area contributed by atoms with E-state index >= 15 is 0 Å². The molecule has 0 radical (unpaired) electrons. The number of pyridine rings is 1. The Labute approximate surface area is 140 Å². The highest BCUT2D eigenvalue weighted by Crippen LogP contribution is 2.34. The highest BCUT2D eigenvalue weighted by Gasteiger charge is 2.30. The highest BCUT2D eigenvalue weighted by atomic mass is 32.1. The van der Waals surface area contributed by atoms with Crippen molar-refractivity contribution in [2.75, 3.05) is 25.0 Å². The van der Waals surface area contributed by atoms with Crippen molar-refractivity contribution >= 4 is 23.2 Å². The second-order valence-electron chi connectivity index (χ2n) is 5.59. The number of likely N-dealkylation sites (tertiary alicyclic amines) is 1. The first-order valence-corrected chi connectivity index (χ1v) is 8.95. The van der Waals surface area contributed by atoms with E-state index in [1.807, 2.05) is 23.1 Å². The minimum Gasteiger partial charge on any atom is -0.370 e. The van der Waals surface area contributed by atoms with Gasteiger partial charge in [0.25, 0.3) is 0 Å². The molecular formula is C17H22N4OS. The molecule has 23 heavy (non-hydrogen) atoms. The zero-order valence-corrected chi connectivity index (χ0v) is 13.9. The molecule has 0 saturated carbocycles. The summed E-state index contributed by atoms with van der Waals surface area (Å²) in [6, 6.07) is 10.3. The molecule has 6 heteroatoms. The predicted octanol–water partition coefficient (Wildman–Crippen LogP) is 3.49. The molecule has 1 atom stereocenters. The molecule has 1 fully saturated rings. The van der Waals surface area contributed by atoms with Gasteiger partial charge in [0.2, 0.25) is 0 Å². The van der Waals surface area contributed by atoms with E-state index in [4.69, 9.17) is 0 Å². The van der Waals surface area contributed by atoms with Crippen molar-refractivity contribution in [2.45, 2.75) is 25.3 Å². The van der Waals surface area contributed by atoms with Gasteiger partial charge in [-0.15, -0.1) is 11.3 Å². The molecule has 0 spiro atoms. The van der Waals surface area contributed by atoms with Gasteiger partial charge < -0.3 is 15.5 Å².